The molecule has 3 heteroatoms. The van der Waals surface area contributed by atoms with Crippen LogP contribution in [-0.2, 0) is 4.79 Å². The zero-order valence-corrected chi connectivity index (χ0v) is 14.6. The summed E-state index contributed by atoms with van der Waals surface area (Å²) in [6.45, 7) is 4.31. The molecule has 4 rings (SSSR count). The van der Waals surface area contributed by atoms with Crippen molar-refractivity contribution >= 4 is 5.78 Å². The predicted molar refractivity (Wildman–Crippen MR) is 90.5 cm³/mol. The fraction of sp³-hybridized carbons (Fsp3) is 0.667. The summed E-state index contributed by atoms with van der Waals surface area (Å²) >= 11 is 0. The predicted octanol–water partition coefficient (Wildman–Crippen LogP) is 5.84. The maximum absolute atomic E-state index is 14.0. The van der Waals surface area contributed by atoms with Crippen LogP contribution in [0.4, 0.5) is 8.78 Å². The van der Waals surface area contributed by atoms with E-state index in [-0.39, 0.29) is 22.7 Å². The largest absolute Gasteiger partial charge is 0.299 e. The normalized spacial score (nSPS) is 48.1. The topological polar surface area (TPSA) is 17.1 Å². The number of halogens is 2. The van der Waals surface area contributed by atoms with Gasteiger partial charge in [0.15, 0.2) is 0 Å². The summed E-state index contributed by atoms with van der Waals surface area (Å²) in [7, 11) is 0. The molecule has 0 radical (unpaired) electrons. The van der Waals surface area contributed by atoms with Gasteiger partial charge >= 0.3 is 0 Å². The summed E-state index contributed by atoms with van der Waals surface area (Å²) in [5.41, 5.74) is 1.56. The second-order valence-corrected chi connectivity index (χ2v) is 8.67. The van der Waals surface area contributed by atoms with E-state index in [4.69, 9.17) is 0 Å². The molecule has 0 amide bonds. The van der Waals surface area contributed by atoms with Crippen molar-refractivity contribution < 1.29 is 13.6 Å². The van der Waals surface area contributed by atoms with Gasteiger partial charge in [-0.05, 0) is 72.8 Å². The Hall–Kier alpha value is -1.25. The first-order valence-electron chi connectivity index (χ1n) is 9.32. The minimum absolute atomic E-state index is 0.0255. The average molecular weight is 332 g/mol. The molecule has 3 saturated carbocycles. The Bertz CT molecular complexity index is 673. The molecule has 0 heterocycles. The Morgan fingerprint density at radius 2 is 1.83 bits per heavy atom. The molecule has 0 bridgehead atoms. The third kappa shape index (κ3) is 1.87. The molecule has 0 aliphatic heterocycles. The first kappa shape index (κ1) is 16.2. The van der Waals surface area contributed by atoms with Crippen molar-refractivity contribution in [3.8, 4) is 0 Å². The molecule has 0 spiro atoms. The first-order chi connectivity index (χ1) is 11.5. The van der Waals surface area contributed by atoms with Gasteiger partial charge in [0, 0.05) is 17.4 Å². The lowest BCUT2D eigenvalue weighted by Crippen LogP contribution is -2.51. The van der Waals surface area contributed by atoms with Gasteiger partial charge in [0.25, 0.3) is 0 Å². The van der Waals surface area contributed by atoms with Crippen LogP contribution in [-0.4, -0.2) is 5.78 Å². The van der Waals surface area contributed by atoms with Crippen LogP contribution in [0.25, 0.3) is 0 Å². The number of ketones is 1. The molecule has 3 fully saturated rings. The summed E-state index contributed by atoms with van der Waals surface area (Å²) in [4.78, 5) is 12.5. The van der Waals surface area contributed by atoms with E-state index in [0.717, 1.165) is 44.1 Å². The van der Waals surface area contributed by atoms with Gasteiger partial charge in [0.2, 0.25) is 0 Å². The maximum atomic E-state index is 14.0. The highest BCUT2D eigenvalue weighted by atomic mass is 19.1. The van der Waals surface area contributed by atoms with E-state index < -0.39 is 0 Å². The van der Waals surface area contributed by atoms with Gasteiger partial charge in [-0.1, -0.05) is 19.9 Å². The number of fused-ring (bicyclic) bond motifs is 5. The van der Waals surface area contributed by atoms with E-state index in [1.165, 1.54) is 0 Å². The number of allylic oxidation sites excluding steroid dienone is 4. The quantitative estimate of drug-likeness (QED) is 0.545. The third-order valence-electron chi connectivity index (χ3n) is 7.85. The molecule has 0 aromatic heterocycles. The fourth-order valence-electron chi connectivity index (χ4n) is 6.54. The van der Waals surface area contributed by atoms with Crippen molar-refractivity contribution in [3.05, 3.63) is 35.5 Å². The lowest BCUT2D eigenvalue weighted by molar-refractivity contribution is -0.130. The van der Waals surface area contributed by atoms with Crippen molar-refractivity contribution in [2.45, 2.75) is 58.8 Å². The number of Topliss-reactive ketones (excluding diaryl/α,β-unsaturated/α-hetero) is 1. The molecule has 0 saturated heterocycles. The van der Waals surface area contributed by atoms with E-state index in [0.29, 0.717) is 41.9 Å². The van der Waals surface area contributed by atoms with E-state index in [1.807, 2.05) is 0 Å². The van der Waals surface area contributed by atoms with Crippen LogP contribution in [0.5, 0.6) is 0 Å². The lowest BCUT2D eigenvalue weighted by Gasteiger charge is -2.58. The second-order valence-electron chi connectivity index (χ2n) is 8.67. The number of carbonyl (C=O) groups excluding carboxylic acids is 1. The number of hydrogen-bond donors (Lipinski definition) is 0. The van der Waals surface area contributed by atoms with Crippen LogP contribution >= 0.6 is 0 Å². The Morgan fingerprint density at radius 3 is 2.54 bits per heavy atom. The van der Waals surface area contributed by atoms with Crippen molar-refractivity contribution in [1.82, 2.24) is 0 Å². The smallest absolute Gasteiger partial charge is 0.139 e. The molecule has 0 aromatic carbocycles. The van der Waals surface area contributed by atoms with E-state index >= 15 is 0 Å². The minimum atomic E-state index is -0.344. The monoisotopic (exact) mass is 332 g/mol. The Balaban J connectivity index is 1.88. The van der Waals surface area contributed by atoms with Crippen LogP contribution < -0.4 is 0 Å². The summed E-state index contributed by atoms with van der Waals surface area (Å²) in [6, 6.07) is 0. The molecule has 130 valence electrons. The zero-order chi connectivity index (χ0) is 17.1. The Labute approximate surface area is 142 Å². The Morgan fingerprint density at radius 1 is 1.08 bits per heavy atom. The van der Waals surface area contributed by atoms with Gasteiger partial charge in [-0.2, -0.15) is 0 Å². The highest BCUT2D eigenvalue weighted by molar-refractivity contribution is 5.87. The average Bonchev–Trinajstić information content (AvgIpc) is 2.88. The molecule has 5 atom stereocenters. The third-order valence-corrected chi connectivity index (χ3v) is 7.85. The standard InChI is InChI=1S/C21H26F2O/c1-20-9-4-3-5-15(20)13(11-22)14(12-23)19-16-6-7-18(24)21(16,2)10-8-17(19)20/h5,11-12,16-17,19H,3-4,6-10H2,1-2H3/t16-,17+,19-,20-,21-/m0/s1. The van der Waals surface area contributed by atoms with Crippen LogP contribution in [0, 0.1) is 28.6 Å². The molecular weight excluding hydrogens is 306 g/mol. The van der Waals surface area contributed by atoms with Crippen LogP contribution in [0.3, 0.4) is 0 Å². The van der Waals surface area contributed by atoms with Gasteiger partial charge in [0.1, 0.15) is 5.78 Å². The summed E-state index contributed by atoms with van der Waals surface area (Å²) in [6.07, 6.45) is 9.71. The van der Waals surface area contributed by atoms with Gasteiger partial charge < -0.3 is 0 Å². The van der Waals surface area contributed by atoms with E-state index in [2.05, 4.69) is 19.9 Å². The number of carbonyl (C=O) groups is 1. The molecule has 4 aliphatic carbocycles. The first-order valence-corrected chi connectivity index (χ1v) is 9.32. The highest BCUT2D eigenvalue weighted by Crippen LogP contribution is 2.67. The van der Waals surface area contributed by atoms with Gasteiger partial charge in [-0.15, -0.1) is 0 Å². The number of hydrogen-bond acceptors (Lipinski definition) is 1. The van der Waals surface area contributed by atoms with Gasteiger partial charge in [-0.25, -0.2) is 8.78 Å². The molecule has 0 aromatic rings. The van der Waals surface area contributed by atoms with Crippen molar-refractivity contribution in [2.24, 2.45) is 28.6 Å². The summed E-state index contributed by atoms with van der Waals surface area (Å²) in [5.74, 6) is 0.771. The molecule has 0 N–H and O–H groups in total. The Kier molecular flexibility index (Phi) is 3.63. The van der Waals surface area contributed by atoms with E-state index in [1.54, 1.807) is 0 Å². The fourth-order valence-corrected chi connectivity index (χ4v) is 6.54. The minimum Gasteiger partial charge on any atom is -0.299 e. The molecule has 1 nitrogen and oxygen atoms in total. The molecule has 0 unspecified atom stereocenters. The van der Waals surface area contributed by atoms with Crippen LogP contribution in [0.15, 0.2) is 35.5 Å². The van der Waals surface area contributed by atoms with Crippen molar-refractivity contribution in [3.63, 3.8) is 0 Å². The SMILES string of the molecule is C[C@]12CCCC=C1C(=CF)C(=CF)[C@@H]1[C@H]2CC[C@]2(C)C(=O)CC[C@@H]12. The molecule has 24 heavy (non-hydrogen) atoms. The highest BCUT2D eigenvalue weighted by Gasteiger charge is 2.61. The lowest BCUT2D eigenvalue weighted by atomic mass is 9.45. The second kappa shape index (κ2) is 5.37. The summed E-state index contributed by atoms with van der Waals surface area (Å²) < 4.78 is 27.8. The van der Waals surface area contributed by atoms with Crippen LogP contribution in [0.1, 0.15) is 58.8 Å². The maximum Gasteiger partial charge on any atom is 0.139 e. The number of rotatable bonds is 0. The zero-order valence-electron chi connectivity index (χ0n) is 14.6. The van der Waals surface area contributed by atoms with Crippen molar-refractivity contribution in [2.75, 3.05) is 0 Å². The van der Waals surface area contributed by atoms with E-state index in [9.17, 15) is 13.6 Å². The van der Waals surface area contributed by atoms with Gasteiger partial charge in [-0.3, -0.25) is 4.79 Å². The molecular formula is C21H26F2O. The van der Waals surface area contributed by atoms with Crippen molar-refractivity contribution in [1.29, 1.82) is 0 Å². The van der Waals surface area contributed by atoms with Gasteiger partial charge in [0.05, 0.1) is 12.7 Å². The van der Waals surface area contributed by atoms with Crippen LogP contribution in [0.2, 0.25) is 0 Å². The molecule has 4 aliphatic rings. The summed E-state index contributed by atoms with van der Waals surface area (Å²) in [5, 5.41) is 0.